The highest BCUT2D eigenvalue weighted by Gasteiger charge is 2.13. The van der Waals surface area contributed by atoms with Gasteiger partial charge < -0.3 is 75.3 Å². The number of aromatic nitrogens is 21. The third-order valence-electron chi connectivity index (χ3n) is 15.3. The van der Waals surface area contributed by atoms with Crippen molar-refractivity contribution < 1.29 is 0 Å². The molecule has 0 fully saturated rings. The second-order valence-corrected chi connectivity index (χ2v) is 32.1. The maximum Gasteiger partial charge on any atom is 0.248 e. The summed E-state index contributed by atoms with van der Waals surface area (Å²) in [5.41, 5.74) is 23.1. The highest BCUT2D eigenvalue weighted by Crippen LogP contribution is 2.30. The fraction of sp³-hybridized carbons (Fsp3) is 0.253. The summed E-state index contributed by atoms with van der Waals surface area (Å²) in [6.45, 7) is 15.5. The Morgan fingerprint density at radius 1 is 0.301 bits per heavy atom. The van der Waals surface area contributed by atoms with Gasteiger partial charge in [-0.3, -0.25) is 0 Å². The van der Waals surface area contributed by atoms with Crippen LogP contribution in [0.2, 0.25) is 65.3 Å². The Hall–Kier alpha value is -10.5. The highest BCUT2D eigenvalue weighted by molar-refractivity contribution is 6.44. The summed E-state index contributed by atoms with van der Waals surface area (Å²) in [4.78, 5) is 30.6. The van der Waals surface area contributed by atoms with Gasteiger partial charge in [0.15, 0.2) is 0 Å². The van der Waals surface area contributed by atoms with Crippen molar-refractivity contribution in [3.63, 3.8) is 0 Å². The Labute approximate surface area is 773 Å². The van der Waals surface area contributed by atoms with Crippen LogP contribution in [-0.4, -0.2) is 158 Å². The number of hydrogen-bond acceptors (Lipinski definition) is 28. The molecule has 23 N–H and O–H groups in total. The molecule has 0 unspecified atom stereocenters. The van der Waals surface area contributed by atoms with Gasteiger partial charge in [-0.1, -0.05) is 187 Å². The number of anilines is 16. The van der Waals surface area contributed by atoms with E-state index in [0.717, 1.165) is 71.0 Å². The lowest BCUT2D eigenvalue weighted by atomic mass is 10.1. The number of H-pyrrole nitrogens is 7. The lowest BCUT2D eigenvalue weighted by Gasteiger charge is -2.05. The van der Waals surface area contributed by atoms with Crippen LogP contribution in [0.3, 0.4) is 0 Å². The molecule has 0 bridgehead atoms. The summed E-state index contributed by atoms with van der Waals surface area (Å²) in [6, 6.07) is 41.2. The summed E-state index contributed by atoms with van der Waals surface area (Å²) in [5, 5.41) is 84.5. The van der Waals surface area contributed by atoms with Crippen molar-refractivity contribution in [2.75, 3.05) is 109 Å². The number of nitrogens with zero attached hydrogens (tertiary/aromatic N) is 15. The molecule has 0 aliphatic rings. The van der Waals surface area contributed by atoms with Gasteiger partial charge in [0.2, 0.25) is 83.3 Å². The molecule has 0 saturated carbocycles. The molecular formula is C75H88Cl13N35. The van der Waals surface area contributed by atoms with Crippen LogP contribution in [0, 0.1) is 0 Å². The van der Waals surface area contributed by atoms with E-state index in [1.807, 2.05) is 127 Å². The quantitative estimate of drug-likeness (QED) is 0.0207. The SMILES string of the molecule is CC(C)Nc1n[nH]c(Nc2ccc(Cl)c(Cl)c2)n1.CC(C)Nc1nc(NCCc2ccc(Cl)c(Cl)c2)n[nH]1.CC(C)Nc1nc(NCc2ccc(Cl)c(Cl)c2)n[nH]1.CN(C)c1n[nH]c(NCCc2cccc(Cl)c2)n1.Nc1nc(NCCc2ccc(Cl)c(Cl)c2)n[nH]1.Nc1nc(NCc2ccc(Cl)c(Cl)c2)n[nH]1.Nc1nc(Nc2ccc(Cl)c(Cl)c2)n[nH]1. The van der Waals surface area contributed by atoms with Gasteiger partial charge in [0.25, 0.3) is 0 Å². The zero-order valence-corrected chi connectivity index (χ0v) is 76.8. The first-order valence-electron chi connectivity index (χ1n) is 37.1. The minimum Gasteiger partial charge on any atom is -0.368 e. The number of hydrogen-bond donors (Lipinski definition) is 20. The Balaban J connectivity index is 0.000000178. The first-order chi connectivity index (χ1) is 58.7. The number of nitrogens with one attached hydrogen (secondary N) is 17. The van der Waals surface area contributed by atoms with Gasteiger partial charge in [0, 0.05) is 81.3 Å². The monoisotopic (exact) mass is 1930 g/mol. The molecule has 0 spiro atoms. The zero-order chi connectivity index (χ0) is 89.1. The van der Waals surface area contributed by atoms with E-state index in [1.54, 1.807) is 60.7 Å². The smallest absolute Gasteiger partial charge is 0.248 e. The van der Waals surface area contributed by atoms with Crippen molar-refractivity contribution in [2.45, 2.75) is 92.0 Å². The van der Waals surface area contributed by atoms with Crippen LogP contribution in [0.25, 0.3) is 0 Å². The highest BCUT2D eigenvalue weighted by atomic mass is 35.5. The Morgan fingerprint density at radius 2 is 0.642 bits per heavy atom. The molecule has 0 radical (unpaired) electrons. The van der Waals surface area contributed by atoms with E-state index in [4.69, 9.17) is 168 Å². The van der Waals surface area contributed by atoms with E-state index in [1.165, 1.54) is 5.56 Å². The Bertz CT molecular complexity index is 5530. The van der Waals surface area contributed by atoms with Crippen molar-refractivity contribution >= 4 is 245 Å². The summed E-state index contributed by atoms with van der Waals surface area (Å²) in [7, 11) is 3.80. The minimum atomic E-state index is 0.248. The second-order valence-electron chi connectivity index (χ2n) is 26.8. The maximum atomic E-state index is 5.97. The van der Waals surface area contributed by atoms with Gasteiger partial charge in [-0.05, 0) is 186 Å². The van der Waals surface area contributed by atoms with Gasteiger partial charge in [0.1, 0.15) is 0 Å². The normalized spacial score (nSPS) is 10.6. The van der Waals surface area contributed by atoms with Gasteiger partial charge >= 0.3 is 0 Å². The van der Waals surface area contributed by atoms with E-state index in [2.05, 4.69) is 166 Å². The number of rotatable bonds is 29. The summed E-state index contributed by atoms with van der Waals surface area (Å²) in [5.74, 6) is 6.99. The molecule has 0 amide bonds. The van der Waals surface area contributed by atoms with Crippen LogP contribution in [0.5, 0.6) is 0 Å². The molecule has 35 nitrogen and oxygen atoms in total. The van der Waals surface area contributed by atoms with Gasteiger partial charge in [-0.15, -0.1) is 35.7 Å². The average Bonchev–Trinajstić information content (AvgIpc) is 1.84. The number of nitrogens with two attached hydrogens (primary N) is 3. The summed E-state index contributed by atoms with van der Waals surface area (Å²) >= 11 is 76.4. The number of nitrogen functional groups attached to an aromatic ring is 3. The largest absolute Gasteiger partial charge is 0.368 e. The molecule has 48 heteroatoms. The fourth-order valence-corrected chi connectivity index (χ4v) is 11.8. The first-order valence-corrected chi connectivity index (χ1v) is 42.0. The second kappa shape index (κ2) is 50.3. The maximum absolute atomic E-state index is 5.97. The molecule has 123 heavy (non-hydrogen) atoms. The molecule has 7 aromatic heterocycles. The predicted molar refractivity (Wildman–Crippen MR) is 507 cm³/mol. The molecule has 0 aliphatic heterocycles. The molecule has 7 heterocycles. The summed E-state index contributed by atoms with van der Waals surface area (Å²) in [6.07, 6.45) is 2.50. The van der Waals surface area contributed by atoms with Crippen molar-refractivity contribution in [2.24, 2.45) is 0 Å². The van der Waals surface area contributed by atoms with E-state index >= 15 is 0 Å². The van der Waals surface area contributed by atoms with Gasteiger partial charge in [0.05, 0.1) is 60.3 Å². The van der Waals surface area contributed by atoms with Crippen LogP contribution in [0.15, 0.2) is 133 Å². The van der Waals surface area contributed by atoms with Crippen LogP contribution < -0.4 is 75.3 Å². The number of benzene rings is 7. The standard InChI is InChI=1S/C13H17Cl2N5.C12H15Cl2N5.C12H16ClN5.C11H13Cl2N5.C10H11Cl2N5.C9H9Cl2N5.C8H7Cl2N5/c1-8(2)17-13-18-12(19-20-13)16-6-5-9-3-4-10(14)11(15)7-9;1-7(2)16-12-17-11(18-19-12)15-6-8-3-4-9(13)10(14)5-8;1-18(2)12-15-11(16-17-12)14-7-6-9-4-3-5-10(13)8-9;1-6(2)14-10-16-11(18-17-10)15-7-3-4-8(12)9(13)5-7;11-7-2-1-6(5-8(7)12)3-4-14-10-15-9(13)16-17-10;10-6-2-1-5(3-7(6)11)4-13-9-14-8(12)15-16-9;9-5-2-1-4(3-6(5)10)12-8-13-7(11)14-15-8/h3-4,7-8H,5-6H2,1-2H3,(H3,16,17,18,19,20);3-5,7H,6H2,1-2H3,(H3,15,16,17,18,19);3-5,8H,6-7H2,1-2H3,(H2,14,15,16,17);3-6H,1-2H3,(H3,14,15,16,17,18);1-2,5H,3-4H2,(H4,13,14,15,16,17);1-3H,4H2,(H4,12,13,14,15,16);1-3H,(H4,11,12,13,14,15). The van der Waals surface area contributed by atoms with Crippen molar-refractivity contribution in [1.82, 2.24) is 106 Å². The van der Waals surface area contributed by atoms with E-state index in [0.29, 0.717) is 163 Å². The molecular weight excluding hydrogens is 1850 g/mol. The molecule has 654 valence electrons. The fourth-order valence-electron chi connectivity index (χ4n) is 9.69. The first kappa shape index (κ1) is 97.9. The molecule has 14 rings (SSSR count). The molecule has 0 atom stereocenters. The Morgan fingerprint density at radius 3 is 1.05 bits per heavy atom. The molecule has 14 aromatic rings. The van der Waals surface area contributed by atoms with E-state index < -0.39 is 0 Å². The lowest BCUT2D eigenvalue weighted by molar-refractivity contribution is 0.876. The molecule has 0 aliphatic carbocycles. The third-order valence-corrected chi connectivity index (χ3v) is 20.0. The van der Waals surface area contributed by atoms with Crippen LogP contribution in [0.1, 0.15) is 69.4 Å². The van der Waals surface area contributed by atoms with Gasteiger partial charge in [-0.25, -0.2) is 35.7 Å². The average molecular weight is 1940 g/mol. The van der Waals surface area contributed by atoms with Crippen molar-refractivity contribution in [1.29, 1.82) is 0 Å². The predicted octanol–water partition coefficient (Wildman–Crippen LogP) is 20.1. The van der Waals surface area contributed by atoms with Crippen molar-refractivity contribution in [3.8, 4) is 0 Å². The molecule has 0 saturated heterocycles. The van der Waals surface area contributed by atoms with Crippen LogP contribution in [0.4, 0.5) is 94.7 Å². The van der Waals surface area contributed by atoms with E-state index in [-0.39, 0.29) is 17.9 Å². The number of aromatic amines is 7. The Kier molecular flexibility index (Phi) is 40.1. The lowest BCUT2D eigenvalue weighted by Crippen LogP contribution is -2.11. The van der Waals surface area contributed by atoms with E-state index in [9.17, 15) is 0 Å². The van der Waals surface area contributed by atoms with Gasteiger partial charge in [-0.2, -0.15) is 34.9 Å². The number of halogens is 13. The topological polar surface area (TPSA) is 493 Å². The van der Waals surface area contributed by atoms with Crippen molar-refractivity contribution in [3.05, 3.63) is 227 Å². The summed E-state index contributed by atoms with van der Waals surface area (Å²) < 4.78 is 0. The minimum absolute atomic E-state index is 0.248. The van der Waals surface area contributed by atoms with Crippen LogP contribution in [-0.2, 0) is 32.4 Å². The molecule has 7 aromatic carbocycles. The zero-order valence-electron chi connectivity index (χ0n) is 66.9. The third kappa shape index (κ3) is 36.1. The van der Waals surface area contributed by atoms with Crippen LogP contribution >= 0.6 is 151 Å².